The zero-order valence-corrected chi connectivity index (χ0v) is 20.5. The molecule has 7 heteroatoms. The van der Waals surface area contributed by atoms with E-state index in [2.05, 4.69) is 53.3 Å². The lowest BCUT2D eigenvalue weighted by Gasteiger charge is -2.18. The van der Waals surface area contributed by atoms with E-state index in [1.54, 1.807) is 4.68 Å². The molecule has 1 aromatic heterocycles. The number of nitrogens with zero attached hydrogens (tertiary/aromatic N) is 3. The summed E-state index contributed by atoms with van der Waals surface area (Å²) >= 11 is 0. The topological polar surface area (TPSA) is 86.1 Å². The lowest BCUT2D eigenvalue weighted by molar-refractivity contribution is -0.140. The molecule has 1 amide bonds. The molecule has 0 bridgehead atoms. The van der Waals surface area contributed by atoms with E-state index in [1.165, 1.54) is 12.7 Å². The Morgan fingerprint density at radius 1 is 0.971 bits per heavy atom. The minimum Gasteiger partial charge on any atom is -0.469 e. The van der Waals surface area contributed by atoms with Gasteiger partial charge < -0.3 is 10.1 Å². The first-order valence-corrected chi connectivity index (χ1v) is 11.8. The number of nitrogens with one attached hydrogen (secondary N) is 1. The Balaban J connectivity index is 1.54. The van der Waals surface area contributed by atoms with Gasteiger partial charge in [-0.25, -0.2) is 4.68 Å². The second-order valence-electron chi connectivity index (χ2n) is 9.46. The van der Waals surface area contributed by atoms with Gasteiger partial charge in [0.15, 0.2) is 0 Å². The smallest absolute Gasteiger partial charge is 0.305 e. The highest BCUT2D eigenvalue weighted by atomic mass is 16.5. The zero-order chi connectivity index (χ0) is 24.6. The van der Waals surface area contributed by atoms with Gasteiger partial charge in [-0.3, -0.25) is 9.59 Å². The maximum absolute atomic E-state index is 12.3. The van der Waals surface area contributed by atoms with Crippen molar-refractivity contribution in [2.24, 2.45) is 0 Å². The van der Waals surface area contributed by atoms with Crippen molar-refractivity contribution in [2.75, 3.05) is 12.4 Å². The van der Waals surface area contributed by atoms with Crippen LogP contribution < -0.4 is 5.32 Å². The molecule has 0 radical (unpaired) electrons. The number of amides is 1. The third-order valence-corrected chi connectivity index (χ3v) is 5.70. The van der Waals surface area contributed by atoms with Gasteiger partial charge in [0.1, 0.15) is 5.69 Å². The molecule has 1 heterocycles. The fourth-order valence-electron chi connectivity index (χ4n) is 3.63. The second kappa shape index (κ2) is 11.6. The number of carbonyl (C=O) groups excluding carboxylic acids is 2. The predicted octanol–water partition coefficient (Wildman–Crippen LogP) is 5.68. The molecule has 0 aliphatic carbocycles. The number of benzene rings is 2. The summed E-state index contributed by atoms with van der Waals surface area (Å²) in [4.78, 5) is 23.4. The van der Waals surface area contributed by atoms with Gasteiger partial charge in [0.2, 0.25) is 5.91 Å². The predicted molar refractivity (Wildman–Crippen MR) is 134 cm³/mol. The first-order valence-electron chi connectivity index (χ1n) is 11.8. The third kappa shape index (κ3) is 7.27. The van der Waals surface area contributed by atoms with Crippen LogP contribution in [0.3, 0.4) is 0 Å². The van der Waals surface area contributed by atoms with E-state index < -0.39 is 0 Å². The third-order valence-electron chi connectivity index (χ3n) is 5.70. The molecule has 0 unspecified atom stereocenters. The van der Waals surface area contributed by atoms with Crippen LogP contribution in [0.25, 0.3) is 16.9 Å². The van der Waals surface area contributed by atoms with Gasteiger partial charge in [-0.2, -0.15) is 0 Å². The van der Waals surface area contributed by atoms with Crippen LogP contribution in [-0.4, -0.2) is 34.0 Å². The van der Waals surface area contributed by atoms with Crippen molar-refractivity contribution < 1.29 is 14.3 Å². The number of methoxy groups -OCH3 is 1. The highest BCUT2D eigenvalue weighted by Crippen LogP contribution is 2.25. The molecule has 7 nitrogen and oxygen atoms in total. The molecule has 180 valence electrons. The SMILES string of the molecule is COC(=O)CCCCCCC(=O)Nc1cccc(-c2cn(-c3ccc(C(C)(C)C)cc3)nn2)c1. The summed E-state index contributed by atoms with van der Waals surface area (Å²) in [6, 6.07) is 16.0. The van der Waals surface area contributed by atoms with Crippen LogP contribution in [0.4, 0.5) is 5.69 Å². The highest BCUT2D eigenvalue weighted by Gasteiger charge is 2.14. The fraction of sp³-hybridized carbons (Fsp3) is 0.407. The van der Waals surface area contributed by atoms with Crippen molar-refractivity contribution in [3.8, 4) is 16.9 Å². The molecule has 1 N–H and O–H groups in total. The van der Waals surface area contributed by atoms with Crippen LogP contribution in [0.2, 0.25) is 0 Å². The minimum atomic E-state index is -0.184. The summed E-state index contributed by atoms with van der Waals surface area (Å²) in [6.45, 7) is 6.57. The number of carbonyl (C=O) groups is 2. The average molecular weight is 463 g/mol. The molecular formula is C27H34N4O3. The maximum Gasteiger partial charge on any atom is 0.305 e. The first-order chi connectivity index (χ1) is 16.3. The van der Waals surface area contributed by atoms with Crippen LogP contribution in [0.1, 0.15) is 64.9 Å². The molecule has 2 aromatic carbocycles. The summed E-state index contributed by atoms with van der Waals surface area (Å²) in [6.07, 6.45) is 6.16. The van der Waals surface area contributed by atoms with Gasteiger partial charge in [0, 0.05) is 24.1 Å². The first kappa shape index (κ1) is 25.1. The highest BCUT2D eigenvalue weighted by molar-refractivity contribution is 5.91. The normalized spacial score (nSPS) is 11.3. The zero-order valence-electron chi connectivity index (χ0n) is 20.5. The largest absolute Gasteiger partial charge is 0.469 e. The molecule has 34 heavy (non-hydrogen) atoms. The van der Waals surface area contributed by atoms with Crippen molar-refractivity contribution in [1.82, 2.24) is 15.0 Å². The summed E-state index contributed by atoms with van der Waals surface area (Å²) in [5.74, 6) is -0.205. The van der Waals surface area contributed by atoms with E-state index in [0.717, 1.165) is 48.3 Å². The van der Waals surface area contributed by atoms with Crippen LogP contribution in [0, 0.1) is 0 Å². The molecule has 0 spiro atoms. The van der Waals surface area contributed by atoms with E-state index in [0.29, 0.717) is 12.8 Å². The standard InChI is InChI=1S/C27H34N4O3/c1-27(2,3)21-14-16-23(17-15-21)31-19-24(29-30-31)20-10-9-11-22(18-20)28-25(32)12-7-5-6-8-13-26(33)34-4/h9-11,14-19H,5-8,12-13H2,1-4H3,(H,28,32). The molecule has 3 aromatic rings. The van der Waals surface area contributed by atoms with Gasteiger partial charge in [-0.1, -0.05) is 63.1 Å². The number of aromatic nitrogens is 3. The molecule has 0 fully saturated rings. The maximum atomic E-state index is 12.3. The van der Waals surface area contributed by atoms with Gasteiger partial charge in [-0.05, 0) is 48.1 Å². The van der Waals surface area contributed by atoms with Crippen molar-refractivity contribution in [3.05, 3.63) is 60.3 Å². The number of esters is 1. The van der Waals surface area contributed by atoms with E-state index in [-0.39, 0.29) is 17.3 Å². The van der Waals surface area contributed by atoms with Gasteiger partial charge in [0.05, 0.1) is 19.0 Å². The Kier molecular flexibility index (Phi) is 8.57. The number of anilines is 1. The van der Waals surface area contributed by atoms with Crippen molar-refractivity contribution in [1.29, 1.82) is 0 Å². The Bertz CT molecular complexity index is 1100. The molecule has 0 aliphatic rings. The summed E-state index contributed by atoms with van der Waals surface area (Å²) in [7, 11) is 1.40. The number of hydrogen-bond acceptors (Lipinski definition) is 5. The minimum absolute atomic E-state index is 0.0206. The Hall–Kier alpha value is -3.48. The monoisotopic (exact) mass is 462 g/mol. The second-order valence-corrected chi connectivity index (χ2v) is 9.46. The molecule has 0 saturated carbocycles. The Morgan fingerprint density at radius 3 is 2.35 bits per heavy atom. The van der Waals surface area contributed by atoms with Crippen LogP contribution in [0.5, 0.6) is 0 Å². The number of ether oxygens (including phenoxy) is 1. The fourth-order valence-corrected chi connectivity index (χ4v) is 3.63. The van der Waals surface area contributed by atoms with Crippen molar-refractivity contribution >= 4 is 17.6 Å². The molecule has 0 saturated heterocycles. The quantitative estimate of drug-likeness (QED) is 0.309. The van der Waals surface area contributed by atoms with Crippen molar-refractivity contribution in [2.45, 2.75) is 64.7 Å². The number of rotatable bonds is 10. The van der Waals surface area contributed by atoms with Crippen molar-refractivity contribution in [3.63, 3.8) is 0 Å². The molecule has 0 aliphatic heterocycles. The lowest BCUT2D eigenvalue weighted by atomic mass is 9.87. The van der Waals surface area contributed by atoms with Crippen LogP contribution in [-0.2, 0) is 19.7 Å². The lowest BCUT2D eigenvalue weighted by Crippen LogP contribution is -2.11. The summed E-state index contributed by atoms with van der Waals surface area (Å²) in [5, 5.41) is 11.6. The van der Waals surface area contributed by atoms with Gasteiger partial charge in [-0.15, -0.1) is 5.10 Å². The number of hydrogen-bond donors (Lipinski definition) is 1. The summed E-state index contributed by atoms with van der Waals surface area (Å²) in [5.41, 5.74) is 4.67. The summed E-state index contributed by atoms with van der Waals surface area (Å²) < 4.78 is 6.39. The average Bonchev–Trinajstić information content (AvgIpc) is 3.31. The van der Waals surface area contributed by atoms with E-state index in [1.807, 2.05) is 42.6 Å². The van der Waals surface area contributed by atoms with Gasteiger partial charge in [0.25, 0.3) is 0 Å². The number of unbranched alkanes of at least 4 members (excludes halogenated alkanes) is 3. The van der Waals surface area contributed by atoms with E-state index in [9.17, 15) is 9.59 Å². The van der Waals surface area contributed by atoms with E-state index in [4.69, 9.17) is 0 Å². The van der Waals surface area contributed by atoms with Crippen LogP contribution >= 0.6 is 0 Å². The molecule has 0 atom stereocenters. The van der Waals surface area contributed by atoms with E-state index >= 15 is 0 Å². The Morgan fingerprint density at radius 2 is 1.68 bits per heavy atom. The van der Waals surface area contributed by atoms with Crippen LogP contribution in [0.15, 0.2) is 54.7 Å². The molecule has 3 rings (SSSR count). The Labute approximate surface area is 201 Å². The molecular weight excluding hydrogens is 428 g/mol. The van der Waals surface area contributed by atoms with Gasteiger partial charge >= 0.3 is 5.97 Å².